The maximum absolute atomic E-state index is 9.86. The number of nitrogens with two attached hydrogens (primary N) is 1. The van der Waals surface area contributed by atoms with Crippen LogP contribution in [0.1, 0.15) is 41.3 Å². The summed E-state index contributed by atoms with van der Waals surface area (Å²) in [6.07, 6.45) is 5.21. The van der Waals surface area contributed by atoms with Crippen LogP contribution in [0.5, 0.6) is 0 Å². The molecule has 5 heteroatoms. The standard InChI is InChI=1S/C21H21N5/c1-11-3-5-13-15(10-24-16(13)7-11)19-14(9-22)21(23)25-17-8-12-4-6-18(20(17)19)26(12)2/h3,5,7,10,12,18,24H,4,6,8H2,1-2H3,(H2,23,25)/t12-,18+/m0/s1. The zero-order valence-corrected chi connectivity index (χ0v) is 15.0. The summed E-state index contributed by atoms with van der Waals surface area (Å²) in [5.41, 5.74) is 13.3. The van der Waals surface area contributed by atoms with Gasteiger partial charge in [0.2, 0.25) is 0 Å². The number of pyridine rings is 1. The molecular formula is C21H21N5. The fourth-order valence-electron chi connectivity index (χ4n) is 4.85. The maximum atomic E-state index is 9.86. The lowest BCUT2D eigenvalue weighted by Gasteiger charge is -2.34. The van der Waals surface area contributed by atoms with Gasteiger partial charge in [0.25, 0.3) is 0 Å². The molecule has 0 radical (unpaired) electrons. The van der Waals surface area contributed by atoms with E-state index in [0.717, 1.165) is 40.6 Å². The summed E-state index contributed by atoms with van der Waals surface area (Å²) in [5.74, 6) is 0.353. The van der Waals surface area contributed by atoms with E-state index in [0.29, 0.717) is 23.5 Å². The van der Waals surface area contributed by atoms with Crippen LogP contribution in [0.4, 0.5) is 5.82 Å². The molecule has 0 unspecified atom stereocenters. The molecule has 2 aliphatic heterocycles. The Kier molecular flexibility index (Phi) is 3.16. The molecule has 4 heterocycles. The van der Waals surface area contributed by atoms with E-state index in [9.17, 15) is 5.26 Å². The van der Waals surface area contributed by atoms with Gasteiger partial charge in [-0.15, -0.1) is 0 Å². The fraction of sp³-hybridized carbons (Fsp3) is 0.333. The largest absolute Gasteiger partial charge is 0.383 e. The number of rotatable bonds is 1. The zero-order chi connectivity index (χ0) is 18.0. The number of nitriles is 1. The Morgan fingerprint density at radius 3 is 3.00 bits per heavy atom. The van der Waals surface area contributed by atoms with Crippen molar-refractivity contribution in [3.8, 4) is 17.2 Å². The van der Waals surface area contributed by atoms with Gasteiger partial charge in [-0.2, -0.15) is 5.26 Å². The molecule has 1 aromatic carbocycles. The van der Waals surface area contributed by atoms with E-state index in [1.54, 1.807) is 0 Å². The van der Waals surface area contributed by atoms with Crippen LogP contribution in [-0.4, -0.2) is 28.0 Å². The molecule has 1 saturated heterocycles. The zero-order valence-electron chi connectivity index (χ0n) is 15.0. The van der Waals surface area contributed by atoms with Crippen molar-refractivity contribution in [1.82, 2.24) is 14.9 Å². The van der Waals surface area contributed by atoms with Crippen LogP contribution < -0.4 is 5.73 Å². The summed E-state index contributed by atoms with van der Waals surface area (Å²) in [6.45, 7) is 2.08. The molecule has 2 aromatic heterocycles. The summed E-state index contributed by atoms with van der Waals surface area (Å²) in [6, 6.07) is 9.56. The van der Waals surface area contributed by atoms with Gasteiger partial charge in [-0.3, -0.25) is 4.90 Å². The van der Waals surface area contributed by atoms with Gasteiger partial charge in [-0.25, -0.2) is 4.98 Å². The number of benzene rings is 1. The number of hydrogen-bond donors (Lipinski definition) is 2. The molecule has 5 rings (SSSR count). The third kappa shape index (κ3) is 1.96. The molecule has 26 heavy (non-hydrogen) atoms. The molecule has 3 aromatic rings. The monoisotopic (exact) mass is 343 g/mol. The topological polar surface area (TPSA) is 81.7 Å². The van der Waals surface area contributed by atoms with Crippen molar-refractivity contribution in [2.45, 2.75) is 38.3 Å². The van der Waals surface area contributed by atoms with E-state index in [2.05, 4.69) is 53.1 Å². The van der Waals surface area contributed by atoms with E-state index in [1.807, 2.05) is 6.20 Å². The van der Waals surface area contributed by atoms with Crippen LogP contribution in [0.15, 0.2) is 24.4 Å². The molecule has 2 atom stereocenters. The van der Waals surface area contributed by atoms with Crippen molar-refractivity contribution in [3.05, 3.63) is 46.8 Å². The number of nitrogen functional groups attached to an aromatic ring is 1. The number of aromatic amines is 1. The second-order valence-electron chi connectivity index (χ2n) is 7.59. The van der Waals surface area contributed by atoms with E-state index in [1.165, 1.54) is 17.5 Å². The van der Waals surface area contributed by atoms with Gasteiger partial charge >= 0.3 is 0 Å². The van der Waals surface area contributed by atoms with Crippen LogP contribution in [0.3, 0.4) is 0 Å². The Morgan fingerprint density at radius 2 is 2.19 bits per heavy atom. The van der Waals surface area contributed by atoms with Crippen LogP contribution >= 0.6 is 0 Å². The Hall–Kier alpha value is -2.84. The molecule has 0 aliphatic carbocycles. The molecule has 0 amide bonds. The van der Waals surface area contributed by atoms with E-state index in [4.69, 9.17) is 5.73 Å². The summed E-state index contributed by atoms with van der Waals surface area (Å²) in [7, 11) is 2.19. The highest BCUT2D eigenvalue weighted by Crippen LogP contribution is 2.48. The minimum absolute atomic E-state index is 0.314. The van der Waals surface area contributed by atoms with Crippen molar-refractivity contribution in [1.29, 1.82) is 5.26 Å². The predicted molar refractivity (Wildman–Crippen MR) is 103 cm³/mol. The molecule has 1 fully saturated rings. The van der Waals surface area contributed by atoms with Crippen molar-refractivity contribution in [3.63, 3.8) is 0 Å². The Labute approximate surface area is 152 Å². The summed E-state index contributed by atoms with van der Waals surface area (Å²) in [5, 5.41) is 11.0. The average Bonchev–Trinajstić information content (AvgIpc) is 3.12. The molecule has 130 valence electrons. The lowest BCUT2D eigenvalue weighted by molar-refractivity contribution is 0.222. The second kappa shape index (κ2) is 5.33. The maximum Gasteiger partial charge on any atom is 0.142 e. The molecule has 2 bridgehead atoms. The molecule has 5 nitrogen and oxygen atoms in total. The summed E-state index contributed by atoms with van der Waals surface area (Å²) < 4.78 is 0. The highest BCUT2D eigenvalue weighted by molar-refractivity contribution is 5.99. The Morgan fingerprint density at radius 1 is 1.35 bits per heavy atom. The molecule has 3 N–H and O–H groups in total. The van der Waals surface area contributed by atoms with E-state index < -0.39 is 0 Å². The van der Waals surface area contributed by atoms with E-state index >= 15 is 0 Å². The van der Waals surface area contributed by atoms with Gasteiger partial charge < -0.3 is 10.7 Å². The number of H-pyrrole nitrogens is 1. The number of aryl methyl sites for hydroxylation is 1. The van der Waals surface area contributed by atoms with Gasteiger partial charge in [0.1, 0.15) is 17.5 Å². The third-order valence-electron chi connectivity index (χ3n) is 6.16. The minimum Gasteiger partial charge on any atom is -0.383 e. The SMILES string of the molecule is Cc1ccc2c(-c3c(C#N)c(N)nc4c3[C@H]3CC[C@@H](C4)N3C)c[nH]c2c1. The number of aromatic nitrogens is 2. The van der Waals surface area contributed by atoms with Gasteiger partial charge in [0, 0.05) is 58.0 Å². The van der Waals surface area contributed by atoms with Crippen LogP contribution in [0, 0.1) is 18.3 Å². The number of likely N-dealkylation sites (N-methyl/N-ethyl adjacent to an activating group) is 1. The highest BCUT2D eigenvalue weighted by atomic mass is 15.2. The first-order valence-corrected chi connectivity index (χ1v) is 9.11. The first-order chi connectivity index (χ1) is 12.6. The third-order valence-corrected chi connectivity index (χ3v) is 6.16. The summed E-state index contributed by atoms with van der Waals surface area (Å²) >= 11 is 0. The van der Waals surface area contributed by atoms with Crippen molar-refractivity contribution in [2.75, 3.05) is 12.8 Å². The van der Waals surface area contributed by atoms with Gasteiger partial charge in [-0.1, -0.05) is 12.1 Å². The van der Waals surface area contributed by atoms with E-state index in [-0.39, 0.29) is 0 Å². The lowest BCUT2D eigenvalue weighted by atomic mass is 9.87. The van der Waals surface area contributed by atoms with Crippen LogP contribution in [0.2, 0.25) is 0 Å². The predicted octanol–water partition coefficient (Wildman–Crippen LogP) is 3.68. The first kappa shape index (κ1) is 15.4. The smallest absolute Gasteiger partial charge is 0.142 e. The van der Waals surface area contributed by atoms with Gasteiger partial charge in [0.15, 0.2) is 0 Å². The fourth-order valence-corrected chi connectivity index (χ4v) is 4.85. The van der Waals surface area contributed by atoms with Crippen molar-refractivity contribution < 1.29 is 0 Å². The molecule has 2 aliphatic rings. The van der Waals surface area contributed by atoms with Crippen LogP contribution in [-0.2, 0) is 6.42 Å². The Bertz CT molecular complexity index is 1090. The first-order valence-electron chi connectivity index (χ1n) is 9.11. The summed E-state index contributed by atoms with van der Waals surface area (Å²) in [4.78, 5) is 10.5. The number of nitrogens with zero attached hydrogens (tertiary/aromatic N) is 3. The quantitative estimate of drug-likeness (QED) is 0.706. The van der Waals surface area contributed by atoms with Gasteiger partial charge in [0.05, 0.1) is 0 Å². The number of nitrogens with one attached hydrogen (secondary N) is 1. The highest BCUT2D eigenvalue weighted by Gasteiger charge is 2.41. The molecular weight excluding hydrogens is 322 g/mol. The van der Waals surface area contributed by atoms with Crippen LogP contribution in [0.25, 0.3) is 22.0 Å². The lowest BCUT2D eigenvalue weighted by Crippen LogP contribution is -2.35. The number of hydrogen-bond acceptors (Lipinski definition) is 4. The van der Waals surface area contributed by atoms with Gasteiger partial charge in [-0.05, 0) is 38.4 Å². The normalized spacial score (nSPS) is 21.7. The molecule has 0 saturated carbocycles. The minimum atomic E-state index is 0.314. The molecule has 0 spiro atoms. The number of anilines is 1. The average molecular weight is 343 g/mol. The van der Waals surface area contributed by atoms with Crippen molar-refractivity contribution in [2.24, 2.45) is 0 Å². The second-order valence-corrected chi connectivity index (χ2v) is 7.59. The number of fused-ring (bicyclic) bond motifs is 5. The van der Waals surface area contributed by atoms with Crippen molar-refractivity contribution >= 4 is 16.7 Å². The Balaban J connectivity index is 1.86.